The number of hydrogen-bond donors (Lipinski definition) is 0. The molecule has 3 rings (SSSR count). The van der Waals surface area contributed by atoms with Crippen LogP contribution in [0.2, 0.25) is 0 Å². The molecule has 1 aromatic carbocycles. The molecule has 2 aromatic heterocycles. The van der Waals surface area contributed by atoms with E-state index in [1.54, 1.807) is 10.8 Å². The van der Waals surface area contributed by atoms with Gasteiger partial charge in [-0.05, 0) is 26.0 Å². The normalized spacial score (nSPS) is 10.9. The number of para-hydroxylation sites is 2. The van der Waals surface area contributed by atoms with Crippen LogP contribution in [0.25, 0.3) is 22.3 Å². The van der Waals surface area contributed by atoms with Crippen LogP contribution in [0.5, 0.6) is 6.01 Å². The lowest BCUT2D eigenvalue weighted by atomic mass is 10.1. The summed E-state index contributed by atoms with van der Waals surface area (Å²) in [4.78, 5) is 25.6. The molecule has 0 aliphatic rings. The van der Waals surface area contributed by atoms with E-state index in [0.717, 1.165) is 11.0 Å². The Kier molecular flexibility index (Phi) is 3.58. The first-order chi connectivity index (χ1) is 10.7. The number of ether oxygens (including phenoxy) is 1. The summed E-state index contributed by atoms with van der Waals surface area (Å²) >= 11 is 0. The lowest BCUT2D eigenvalue weighted by molar-refractivity contribution is 0.379. The largest absolute Gasteiger partial charge is 0.467 e. The van der Waals surface area contributed by atoms with E-state index >= 15 is 0 Å². The Morgan fingerprint density at radius 3 is 2.68 bits per heavy atom. The second-order valence-electron chi connectivity index (χ2n) is 4.85. The second-order valence-corrected chi connectivity index (χ2v) is 4.85. The zero-order valence-electron chi connectivity index (χ0n) is 12.7. The molecule has 0 spiro atoms. The highest BCUT2D eigenvalue weighted by molar-refractivity contribution is 5.78. The van der Waals surface area contributed by atoms with E-state index in [1.807, 2.05) is 38.1 Å². The number of rotatable bonds is 3. The van der Waals surface area contributed by atoms with Crippen LogP contribution in [-0.4, -0.2) is 26.6 Å². The molecule has 3 aromatic rings. The predicted molar refractivity (Wildman–Crippen MR) is 84.0 cm³/mol. The van der Waals surface area contributed by atoms with Crippen molar-refractivity contribution in [1.82, 2.24) is 19.5 Å². The van der Waals surface area contributed by atoms with Crippen molar-refractivity contribution in [3.8, 4) is 17.3 Å². The van der Waals surface area contributed by atoms with Gasteiger partial charge in [-0.3, -0.25) is 4.79 Å². The molecule has 0 N–H and O–H groups in total. The van der Waals surface area contributed by atoms with Crippen molar-refractivity contribution in [2.45, 2.75) is 20.4 Å². The molecule has 0 saturated heterocycles. The van der Waals surface area contributed by atoms with Gasteiger partial charge in [-0.2, -0.15) is 4.98 Å². The van der Waals surface area contributed by atoms with Crippen molar-refractivity contribution in [3.63, 3.8) is 0 Å². The summed E-state index contributed by atoms with van der Waals surface area (Å²) in [7, 11) is 1.51. The zero-order valence-corrected chi connectivity index (χ0v) is 12.7. The van der Waals surface area contributed by atoms with Gasteiger partial charge in [-0.25, -0.2) is 9.97 Å². The third-order valence-corrected chi connectivity index (χ3v) is 3.56. The van der Waals surface area contributed by atoms with Gasteiger partial charge in [0.05, 0.1) is 23.8 Å². The summed E-state index contributed by atoms with van der Waals surface area (Å²) in [5.74, 6) is 0. The molecular weight excluding hydrogens is 280 g/mol. The average molecular weight is 296 g/mol. The topological polar surface area (TPSA) is 69.9 Å². The summed E-state index contributed by atoms with van der Waals surface area (Å²) in [6.45, 7) is 4.33. The first-order valence-electron chi connectivity index (χ1n) is 7.03. The Labute approximate surface area is 127 Å². The second kappa shape index (κ2) is 5.55. The molecule has 6 nitrogen and oxygen atoms in total. The van der Waals surface area contributed by atoms with Crippen molar-refractivity contribution >= 4 is 11.0 Å². The lowest BCUT2D eigenvalue weighted by Gasteiger charge is -2.11. The molecule has 0 bridgehead atoms. The Morgan fingerprint density at radius 1 is 1.23 bits per heavy atom. The highest BCUT2D eigenvalue weighted by Gasteiger charge is 2.15. The Bertz CT molecular complexity index is 902. The number of aromatic nitrogens is 4. The van der Waals surface area contributed by atoms with E-state index in [-0.39, 0.29) is 11.6 Å². The van der Waals surface area contributed by atoms with Crippen LogP contribution >= 0.6 is 0 Å². The van der Waals surface area contributed by atoms with Crippen molar-refractivity contribution in [2.24, 2.45) is 0 Å². The minimum Gasteiger partial charge on any atom is -0.467 e. The first kappa shape index (κ1) is 14.2. The van der Waals surface area contributed by atoms with Crippen LogP contribution in [0, 0.1) is 6.92 Å². The maximum atomic E-state index is 12.7. The predicted octanol–water partition coefficient (Wildman–Crippen LogP) is 2.19. The Hall–Kier alpha value is -2.76. The zero-order chi connectivity index (χ0) is 15.7. The van der Waals surface area contributed by atoms with Gasteiger partial charge in [0, 0.05) is 18.3 Å². The Balaban J connectivity index is 2.32. The fraction of sp³-hybridized carbons (Fsp3) is 0.250. The van der Waals surface area contributed by atoms with E-state index in [0.29, 0.717) is 23.5 Å². The molecule has 6 heteroatoms. The van der Waals surface area contributed by atoms with Crippen LogP contribution in [0.4, 0.5) is 0 Å². The van der Waals surface area contributed by atoms with Crippen LogP contribution in [0.3, 0.4) is 0 Å². The fourth-order valence-corrected chi connectivity index (χ4v) is 2.46. The molecule has 112 valence electrons. The number of nitrogens with zero attached hydrogens (tertiary/aromatic N) is 4. The van der Waals surface area contributed by atoms with Gasteiger partial charge in [0.1, 0.15) is 5.69 Å². The highest BCUT2D eigenvalue weighted by Crippen LogP contribution is 2.20. The molecule has 0 fully saturated rings. The summed E-state index contributed by atoms with van der Waals surface area (Å²) in [6, 6.07) is 7.87. The van der Waals surface area contributed by atoms with Gasteiger partial charge in [-0.15, -0.1) is 0 Å². The standard InChI is InChI=1S/C16H16N4O2/c1-4-20-13-8-6-5-7-12(13)19-14(15(20)21)11-9-17-16(22-3)18-10(11)2/h5-9H,4H2,1-3H3. The van der Waals surface area contributed by atoms with E-state index < -0.39 is 0 Å². The van der Waals surface area contributed by atoms with Crippen molar-refractivity contribution < 1.29 is 4.74 Å². The van der Waals surface area contributed by atoms with Gasteiger partial charge >= 0.3 is 6.01 Å². The Morgan fingerprint density at radius 2 is 2.00 bits per heavy atom. The summed E-state index contributed by atoms with van der Waals surface area (Å²) in [5, 5.41) is 0. The first-order valence-corrected chi connectivity index (χ1v) is 7.03. The molecule has 0 aliphatic heterocycles. The van der Waals surface area contributed by atoms with Crippen LogP contribution in [0.15, 0.2) is 35.3 Å². The minimum absolute atomic E-state index is 0.141. The van der Waals surface area contributed by atoms with Crippen molar-refractivity contribution in [2.75, 3.05) is 7.11 Å². The summed E-state index contributed by atoms with van der Waals surface area (Å²) in [5.41, 5.74) is 3.10. The van der Waals surface area contributed by atoms with Crippen molar-refractivity contribution in [3.05, 3.63) is 46.5 Å². The van der Waals surface area contributed by atoms with E-state index in [2.05, 4.69) is 15.0 Å². The number of aryl methyl sites for hydroxylation is 2. The fourth-order valence-electron chi connectivity index (χ4n) is 2.46. The molecular formula is C16H16N4O2. The molecule has 0 unspecified atom stereocenters. The number of methoxy groups -OCH3 is 1. The maximum absolute atomic E-state index is 12.7. The van der Waals surface area contributed by atoms with Crippen LogP contribution in [0.1, 0.15) is 12.6 Å². The van der Waals surface area contributed by atoms with Gasteiger partial charge < -0.3 is 9.30 Å². The van der Waals surface area contributed by atoms with Crippen LogP contribution in [-0.2, 0) is 6.54 Å². The average Bonchev–Trinajstić information content (AvgIpc) is 2.54. The molecule has 0 amide bonds. The number of fused-ring (bicyclic) bond motifs is 1. The smallest absolute Gasteiger partial charge is 0.316 e. The van der Waals surface area contributed by atoms with E-state index in [1.165, 1.54) is 7.11 Å². The monoisotopic (exact) mass is 296 g/mol. The molecule has 0 aliphatic carbocycles. The lowest BCUT2D eigenvalue weighted by Crippen LogP contribution is -2.23. The van der Waals surface area contributed by atoms with E-state index in [4.69, 9.17) is 4.74 Å². The molecule has 0 radical (unpaired) electrons. The molecule has 2 heterocycles. The maximum Gasteiger partial charge on any atom is 0.316 e. The van der Waals surface area contributed by atoms with Crippen LogP contribution < -0.4 is 10.3 Å². The summed E-state index contributed by atoms with van der Waals surface area (Å²) < 4.78 is 6.71. The molecule has 0 atom stereocenters. The van der Waals surface area contributed by atoms with Crippen molar-refractivity contribution in [1.29, 1.82) is 0 Å². The van der Waals surface area contributed by atoms with Gasteiger partial charge in [0.25, 0.3) is 5.56 Å². The molecule has 0 saturated carbocycles. The number of benzene rings is 1. The van der Waals surface area contributed by atoms with Gasteiger partial charge in [0.2, 0.25) is 0 Å². The number of hydrogen-bond acceptors (Lipinski definition) is 5. The van der Waals surface area contributed by atoms with Gasteiger partial charge in [-0.1, -0.05) is 12.1 Å². The third-order valence-electron chi connectivity index (χ3n) is 3.56. The van der Waals surface area contributed by atoms with E-state index in [9.17, 15) is 4.79 Å². The minimum atomic E-state index is -0.141. The summed E-state index contributed by atoms with van der Waals surface area (Å²) in [6.07, 6.45) is 1.58. The quantitative estimate of drug-likeness (QED) is 0.741. The SMILES string of the molecule is CCn1c(=O)c(-c2cnc(OC)nc2C)nc2ccccc21. The highest BCUT2D eigenvalue weighted by atomic mass is 16.5. The third kappa shape index (κ3) is 2.22. The molecule has 22 heavy (non-hydrogen) atoms. The van der Waals surface area contributed by atoms with Gasteiger partial charge in [0.15, 0.2) is 0 Å².